The van der Waals surface area contributed by atoms with Crippen LogP contribution in [-0.2, 0) is 0 Å². The van der Waals surface area contributed by atoms with Gasteiger partial charge >= 0.3 is 0 Å². The van der Waals surface area contributed by atoms with Crippen molar-refractivity contribution in [3.63, 3.8) is 0 Å². The van der Waals surface area contributed by atoms with Crippen LogP contribution in [0.4, 0.5) is 0 Å². The van der Waals surface area contributed by atoms with Crippen molar-refractivity contribution in [2.45, 2.75) is 19.8 Å². The van der Waals surface area contributed by atoms with Gasteiger partial charge in [0.2, 0.25) is 0 Å². The van der Waals surface area contributed by atoms with Gasteiger partial charge in [-0.3, -0.25) is 0 Å². The molecule has 0 aromatic rings. The quantitative estimate of drug-likeness (QED) is 0.552. The van der Waals surface area contributed by atoms with Gasteiger partial charge < -0.3 is 5.11 Å². The van der Waals surface area contributed by atoms with Gasteiger partial charge in [-0.2, -0.15) is 5.26 Å². The zero-order chi connectivity index (χ0) is 7.56. The third-order valence-electron chi connectivity index (χ3n) is 1.64. The summed E-state index contributed by atoms with van der Waals surface area (Å²) in [5.41, 5.74) is 1.34. The molecule has 1 rings (SSSR count). The summed E-state index contributed by atoms with van der Waals surface area (Å²) in [6, 6.07) is 1.97. The van der Waals surface area contributed by atoms with Gasteiger partial charge in [0.1, 0.15) is 5.76 Å². The molecule has 0 aromatic heterocycles. The minimum absolute atomic E-state index is 0.175. The highest BCUT2D eigenvalue weighted by Crippen LogP contribution is 2.21. The second-order valence-electron chi connectivity index (χ2n) is 2.36. The van der Waals surface area contributed by atoms with E-state index in [0.717, 1.165) is 12.0 Å². The lowest BCUT2D eigenvalue weighted by molar-refractivity contribution is 0.413. The van der Waals surface area contributed by atoms with Gasteiger partial charge in [0.15, 0.2) is 0 Å². The predicted octanol–water partition coefficient (Wildman–Crippen LogP) is 2.06. The van der Waals surface area contributed by atoms with Crippen molar-refractivity contribution < 1.29 is 5.11 Å². The first-order chi connectivity index (χ1) is 4.75. The second kappa shape index (κ2) is 2.57. The monoisotopic (exact) mass is 135 g/mol. The SMILES string of the molecule is CC1=CCCC(C#N)=C1O. The van der Waals surface area contributed by atoms with Crippen LogP contribution in [0.5, 0.6) is 0 Å². The molecule has 0 spiro atoms. The highest BCUT2D eigenvalue weighted by molar-refractivity contribution is 5.38. The van der Waals surface area contributed by atoms with Crippen molar-refractivity contribution in [2.75, 3.05) is 0 Å². The predicted molar refractivity (Wildman–Crippen MR) is 38.3 cm³/mol. The molecule has 10 heavy (non-hydrogen) atoms. The molecule has 0 saturated heterocycles. The van der Waals surface area contributed by atoms with Gasteiger partial charge in [-0.1, -0.05) is 6.08 Å². The van der Waals surface area contributed by atoms with Crippen molar-refractivity contribution in [3.05, 3.63) is 23.0 Å². The van der Waals surface area contributed by atoms with Crippen LogP contribution in [-0.4, -0.2) is 5.11 Å². The van der Waals surface area contributed by atoms with E-state index >= 15 is 0 Å². The topological polar surface area (TPSA) is 44.0 Å². The molecule has 1 aliphatic carbocycles. The molecule has 0 saturated carbocycles. The smallest absolute Gasteiger partial charge is 0.131 e. The van der Waals surface area contributed by atoms with Crippen molar-refractivity contribution in [1.29, 1.82) is 5.26 Å². The summed E-state index contributed by atoms with van der Waals surface area (Å²) in [7, 11) is 0. The molecule has 0 radical (unpaired) electrons. The van der Waals surface area contributed by atoms with Gasteiger partial charge in [0.25, 0.3) is 0 Å². The Balaban J connectivity index is 2.99. The summed E-state index contributed by atoms with van der Waals surface area (Å²) in [6.45, 7) is 1.81. The molecule has 2 heteroatoms. The highest BCUT2D eigenvalue weighted by atomic mass is 16.3. The maximum absolute atomic E-state index is 9.23. The number of hydrogen-bond donors (Lipinski definition) is 1. The van der Waals surface area contributed by atoms with Crippen molar-refractivity contribution in [3.8, 4) is 6.07 Å². The number of allylic oxidation sites excluding steroid dienone is 3. The second-order valence-corrected chi connectivity index (χ2v) is 2.36. The van der Waals surface area contributed by atoms with Crippen LogP contribution < -0.4 is 0 Å². The first-order valence-electron chi connectivity index (χ1n) is 3.25. The lowest BCUT2D eigenvalue weighted by Gasteiger charge is -2.08. The van der Waals surface area contributed by atoms with E-state index in [-0.39, 0.29) is 5.76 Å². The molecule has 0 aromatic carbocycles. The summed E-state index contributed by atoms with van der Waals surface area (Å²) in [6.07, 6.45) is 3.49. The zero-order valence-corrected chi connectivity index (χ0v) is 5.89. The molecule has 0 bridgehead atoms. The van der Waals surface area contributed by atoms with Crippen LogP contribution in [0, 0.1) is 11.3 Å². The Bertz CT molecular complexity index is 242. The molecule has 0 atom stereocenters. The average molecular weight is 135 g/mol. The first-order valence-corrected chi connectivity index (χ1v) is 3.25. The van der Waals surface area contributed by atoms with Gasteiger partial charge in [0.05, 0.1) is 11.6 Å². The molecule has 1 N–H and O–H groups in total. The Morgan fingerprint density at radius 1 is 1.70 bits per heavy atom. The van der Waals surface area contributed by atoms with Gasteiger partial charge in [-0.15, -0.1) is 0 Å². The lowest BCUT2D eigenvalue weighted by atomic mass is 9.99. The maximum Gasteiger partial charge on any atom is 0.131 e. The largest absolute Gasteiger partial charge is 0.507 e. The summed E-state index contributed by atoms with van der Waals surface area (Å²) in [4.78, 5) is 0. The van der Waals surface area contributed by atoms with E-state index in [4.69, 9.17) is 5.26 Å². The fraction of sp³-hybridized carbons (Fsp3) is 0.375. The minimum Gasteiger partial charge on any atom is -0.507 e. The van der Waals surface area contributed by atoms with E-state index < -0.39 is 0 Å². The molecule has 0 heterocycles. The molecular formula is C8H9NO. The number of rotatable bonds is 0. The summed E-state index contributed by atoms with van der Waals surface area (Å²) >= 11 is 0. The Morgan fingerprint density at radius 3 is 2.90 bits per heavy atom. The molecule has 0 amide bonds. The summed E-state index contributed by atoms with van der Waals surface area (Å²) in [5.74, 6) is 0.175. The molecule has 52 valence electrons. The lowest BCUT2D eigenvalue weighted by Crippen LogP contribution is -1.96. The maximum atomic E-state index is 9.23. The third kappa shape index (κ3) is 1.03. The van der Waals surface area contributed by atoms with E-state index in [9.17, 15) is 5.11 Å². The Hall–Kier alpha value is -1.23. The fourth-order valence-corrected chi connectivity index (χ4v) is 0.995. The molecule has 0 aliphatic heterocycles. The van der Waals surface area contributed by atoms with E-state index in [1.54, 1.807) is 0 Å². The standard InChI is InChI=1S/C8H9NO/c1-6-3-2-4-7(5-9)8(6)10/h3,10H,2,4H2,1H3. The van der Waals surface area contributed by atoms with E-state index in [2.05, 4.69) is 0 Å². The van der Waals surface area contributed by atoms with Crippen molar-refractivity contribution in [1.82, 2.24) is 0 Å². The Morgan fingerprint density at radius 2 is 2.40 bits per heavy atom. The molecule has 2 nitrogen and oxygen atoms in total. The first kappa shape index (κ1) is 6.88. The van der Waals surface area contributed by atoms with Crippen LogP contribution in [0.1, 0.15) is 19.8 Å². The van der Waals surface area contributed by atoms with Gasteiger partial charge in [-0.25, -0.2) is 0 Å². The zero-order valence-electron chi connectivity index (χ0n) is 5.89. The van der Waals surface area contributed by atoms with Crippen LogP contribution >= 0.6 is 0 Å². The van der Waals surface area contributed by atoms with Crippen LogP contribution in [0.15, 0.2) is 23.0 Å². The Kier molecular flexibility index (Phi) is 1.77. The normalized spacial score (nSPS) is 18.2. The number of aliphatic hydroxyl groups excluding tert-OH is 1. The number of nitriles is 1. The summed E-state index contributed by atoms with van der Waals surface area (Å²) in [5, 5.41) is 17.7. The van der Waals surface area contributed by atoms with Crippen LogP contribution in [0.2, 0.25) is 0 Å². The van der Waals surface area contributed by atoms with Crippen molar-refractivity contribution in [2.24, 2.45) is 0 Å². The Labute approximate surface area is 60.1 Å². The average Bonchev–Trinajstić information content (AvgIpc) is 1.95. The van der Waals surface area contributed by atoms with E-state index in [0.29, 0.717) is 12.0 Å². The van der Waals surface area contributed by atoms with Crippen LogP contribution in [0.3, 0.4) is 0 Å². The molecule has 0 fully saturated rings. The summed E-state index contributed by atoms with van der Waals surface area (Å²) < 4.78 is 0. The van der Waals surface area contributed by atoms with Gasteiger partial charge in [0, 0.05) is 0 Å². The highest BCUT2D eigenvalue weighted by Gasteiger charge is 2.10. The minimum atomic E-state index is 0.175. The van der Waals surface area contributed by atoms with Gasteiger partial charge in [-0.05, 0) is 25.3 Å². The fourth-order valence-electron chi connectivity index (χ4n) is 0.995. The molecule has 0 unspecified atom stereocenters. The van der Waals surface area contributed by atoms with Crippen molar-refractivity contribution >= 4 is 0 Å². The molecular weight excluding hydrogens is 126 g/mol. The third-order valence-corrected chi connectivity index (χ3v) is 1.64. The number of nitrogens with zero attached hydrogens (tertiary/aromatic N) is 1. The molecule has 1 aliphatic rings. The van der Waals surface area contributed by atoms with Crippen LogP contribution in [0.25, 0.3) is 0 Å². The number of hydrogen-bond acceptors (Lipinski definition) is 2. The van der Waals surface area contributed by atoms with E-state index in [1.165, 1.54) is 0 Å². The van der Waals surface area contributed by atoms with E-state index in [1.807, 2.05) is 19.1 Å². The number of aliphatic hydroxyl groups is 1.